The number of thioether (sulfide) groups is 1. The third-order valence-electron chi connectivity index (χ3n) is 9.99. The van der Waals surface area contributed by atoms with Crippen molar-refractivity contribution in [3.8, 4) is 0 Å². The second kappa shape index (κ2) is 20.2. The van der Waals surface area contributed by atoms with Gasteiger partial charge in [0.1, 0.15) is 0 Å². The van der Waals surface area contributed by atoms with Crippen LogP contribution in [0.25, 0.3) is 0 Å². The molecule has 5 atom stereocenters. The molecule has 1 saturated carbocycles. The zero-order chi connectivity index (χ0) is 35.8. The number of ether oxygens (including phenoxy) is 1. The minimum atomic E-state index is -2.85. The molecule has 270 valence electrons. The van der Waals surface area contributed by atoms with Crippen LogP contribution in [0.15, 0.2) is 120 Å². The molecule has 0 unspecified atom stereocenters. The SMILES string of the molecule is CCCCC[C@@H]1[C@H]([C@@H](/C=C\C/C=C\CCCC(=O)OCC)Sc2ccccc2)[C@@H](O[Si](c2ccccc2)(c2ccccc2)C(C)(C)C)C[C@H]1O. The number of rotatable bonds is 19. The van der Waals surface area contributed by atoms with E-state index in [4.69, 9.17) is 9.16 Å². The number of hydrogen-bond acceptors (Lipinski definition) is 5. The standard InChI is InChI=1S/C44H60O4SSi/c1-6-8-16-31-38-39(45)34-40(48-50(44(3,4)5,36-27-19-14-20-28-36)37-29-21-15-22-30-37)43(38)41(49-35-25-17-13-18-26-35)32-23-11-9-10-12-24-33-42(46)47-7-2/h9-10,13-15,17-23,25-30,32,38-41,43,45H,6-8,11-12,16,24,31,33-34H2,1-5H3/b10-9-,32-23-/t38-,39+,40-,41+,43-/m0/s1. The fraction of sp³-hybridized carbons (Fsp3) is 0.477. The molecule has 50 heavy (non-hydrogen) atoms. The van der Waals surface area contributed by atoms with Crippen LogP contribution in [0.3, 0.4) is 0 Å². The highest BCUT2D eigenvalue weighted by molar-refractivity contribution is 8.00. The van der Waals surface area contributed by atoms with Gasteiger partial charge in [-0.15, -0.1) is 11.8 Å². The lowest BCUT2D eigenvalue weighted by molar-refractivity contribution is -0.143. The van der Waals surface area contributed by atoms with Gasteiger partial charge in [-0.05, 0) is 72.5 Å². The van der Waals surface area contributed by atoms with Gasteiger partial charge in [-0.25, -0.2) is 0 Å². The molecule has 0 saturated heterocycles. The van der Waals surface area contributed by atoms with Crippen LogP contribution in [-0.2, 0) is 14.0 Å². The van der Waals surface area contributed by atoms with Crippen LogP contribution >= 0.6 is 11.8 Å². The van der Waals surface area contributed by atoms with Crippen molar-refractivity contribution in [3.05, 3.63) is 115 Å². The Labute approximate surface area is 307 Å². The van der Waals surface area contributed by atoms with Gasteiger partial charge < -0.3 is 14.3 Å². The van der Waals surface area contributed by atoms with Gasteiger partial charge in [0.05, 0.1) is 18.8 Å². The highest BCUT2D eigenvalue weighted by Gasteiger charge is 2.55. The van der Waals surface area contributed by atoms with Gasteiger partial charge in [-0.3, -0.25) is 4.79 Å². The second-order valence-electron chi connectivity index (χ2n) is 14.6. The molecule has 0 bridgehead atoms. The number of hydrogen-bond donors (Lipinski definition) is 1. The molecular formula is C44H60O4SSi. The predicted octanol–water partition coefficient (Wildman–Crippen LogP) is 9.91. The van der Waals surface area contributed by atoms with E-state index in [0.29, 0.717) is 19.4 Å². The summed E-state index contributed by atoms with van der Waals surface area (Å²) in [5.74, 6) is 0.163. The van der Waals surface area contributed by atoms with Crippen LogP contribution in [0.5, 0.6) is 0 Å². The van der Waals surface area contributed by atoms with E-state index >= 15 is 0 Å². The van der Waals surface area contributed by atoms with Crippen LogP contribution in [0.1, 0.15) is 92.4 Å². The zero-order valence-electron chi connectivity index (χ0n) is 31.0. The Hall–Kier alpha value is -2.90. The van der Waals surface area contributed by atoms with E-state index in [1.165, 1.54) is 21.7 Å². The van der Waals surface area contributed by atoms with E-state index in [2.05, 4.69) is 143 Å². The van der Waals surface area contributed by atoms with Gasteiger partial charge >= 0.3 is 5.97 Å². The Balaban J connectivity index is 1.71. The van der Waals surface area contributed by atoms with Gasteiger partial charge in [-0.1, -0.05) is 150 Å². The molecule has 1 aliphatic rings. The average Bonchev–Trinajstić information content (AvgIpc) is 3.42. The van der Waals surface area contributed by atoms with Crippen LogP contribution < -0.4 is 10.4 Å². The monoisotopic (exact) mass is 712 g/mol. The Bertz CT molecular complexity index is 1410. The second-order valence-corrected chi connectivity index (χ2v) is 20.1. The topological polar surface area (TPSA) is 55.8 Å². The Morgan fingerprint density at radius 3 is 2.08 bits per heavy atom. The lowest BCUT2D eigenvalue weighted by Crippen LogP contribution is -2.68. The molecule has 4 nitrogen and oxygen atoms in total. The Morgan fingerprint density at radius 2 is 1.50 bits per heavy atom. The number of aliphatic hydroxyl groups is 1. The Morgan fingerprint density at radius 1 is 0.880 bits per heavy atom. The molecule has 3 aromatic carbocycles. The molecule has 0 aromatic heterocycles. The summed E-state index contributed by atoms with van der Waals surface area (Å²) < 4.78 is 12.9. The van der Waals surface area contributed by atoms with Crippen molar-refractivity contribution in [3.63, 3.8) is 0 Å². The van der Waals surface area contributed by atoms with Crippen molar-refractivity contribution in [1.29, 1.82) is 0 Å². The lowest BCUT2D eigenvalue weighted by atomic mass is 9.86. The van der Waals surface area contributed by atoms with E-state index in [9.17, 15) is 9.90 Å². The first kappa shape index (κ1) is 39.9. The first-order valence-electron chi connectivity index (χ1n) is 18.9. The molecule has 0 spiro atoms. The van der Waals surface area contributed by atoms with Crippen LogP contribution in [-0.4, -0.2) is 43.5 Å². The maximum absolute atomic E-state index is 11.9. The van der Waals surface area contributed by atoms with Gasteiger partial charge in [0.15, 0.2) is 0 Å². The van der Waals surface area contributed by atoms with Crippen LogP contribution in [0.4, 0.5) is 0 Å². The summed E-state index contributed by atoms with van der Waals surface area (Å²) in [6.07, 6.45) is 16.5. The molecule has 1 N–H and O–H groups in total. The molecule has 0 amide bonds. The smallest absolute Gasteiger partial charge is 0.305 e. The molecule has 1 fully saturated rings. The molecule has 0 aliphatic heterocycles. The van der Waals surface area contributed by atoms with E-state index in [1.54, 1.807) is 0 Å². The molecule has 4 rings (SSSR count). The highest BCUT2D eigenvalue weighted by Crippen LogP contribution is 2.48. The Kier molecular flexibility index (Phi) is 16.1. The van der Waals surface area contributed by atoms with Crippen molar-refractivity contribution in [2.75, 3.05) is 6.61 Å². The fourth-order valence-corrected chi connectivity index (χ4v) is 13.7. The number of benzene rings is 3. The number of allylic oxidation sites excluding steroid dienone is 3. The lowest BCUT2D eigenvalue weighted by Gasteiger charge is -2.46. The van der Waals surface area contributed by atoms with E-state index in [0.717, 1.165) is 38.5 Å². The predicted molar refractivity (Wildman–Crippen MR) is 214 cm³/mol. The molecule has 0 heterocycles. The summed E-state index contributed by atoms with van der Waals surface area (Å²) >= 11 is 1.90. The average molecular weight is 713 g/mol. The van der Waals surface area contributed by atoms with Crippen molar-refractivity contribution >= 4 is 36.4 Å². The molecule has 6 heteroatoms. The first-order valence-corrected chi connectivity index (χ1v) is 21.7. The number of carbonyl (C=O) groups excluding carboxylic acids is 1. The van der Waals surface area contributed by atoms with Crippen molar-refractivity contribution in [1.82, 2.24) is 0 Å². The summed E-state index contributed by atoms with van der Waals surface area (Å²) in [4.78, 5) is 12.9. The molecular weight excluding hydrogens is 653 g/mol. The third kappa shape index (κ3) is 10.8. The number of unbranched alkanes of at least 4 members (excludes halogenated alkanes) is 3. The summed E-state index contributed by atoms with van der Waals surface area (Å²) in [7, 11) is -2.85. The maximum atomic E-state index is 11.9. The normalized spacial score (nSPS) is 20.4. The van der Waals surface area contributed by atoms with Crippen LogP contribution in [0, 0.1) is 11.8 Å². The third-order valence-corrected chi connectivity index (χ3v) is 16.3. The minimum Gasteiger partial charge on any atom is -0.466 e. The van der Waals surface area contributed by atoms with Gasteiger partial charge in [-0.2, -0.15) is 0 Å². The highest BCUT2D eigenvalue weighted by atomic mass is 32.2. The number of esters is 1. The van der Waals surface area contributed by atoms with Gasteiger partial charge in [0.25, 0.3) is 8.32 Å². The zero-order valence-corrected chi connectivity index (χ0v) is 32.8. The quantitative estimate of drug-likeness (QED) is 0.0441. The van der Waals surface area contributed by atoms with Crippen LogP contribution in [0.2, 0.25) is 5.04 Å². The van der Waals surface area contributed by atoms with Crippen molar-refractivity contribution in [2.45, 2.75) is 120 Å². The minimum absolute atomic E-state index is 0.104. The fourth-order valence-electron chi connectivity index (χ4n) is 7.62. The molecule has 0 radical (unpaired) electrons. The summed E-state index contributed by atoms with van der Waals surface area (Å²) in [6.45, 7) is 11.5. The molecule has 3 aromatic rings. The van der Waals surface area contributed by atoms with Gasteiger partial charge in [0, 0.05) is 22.5 Å². The van der Waals surface area contributed by atoms with Crippen molar-refractivity contribution in [2.24, 2.45) is 11.8 Å². The number of carbonyl (C=O) groups is 1. The number of aliphatic hydroxyl groups excluding tert-OH is 1. The first-order chi connectivity index (χ1) is 24.2. The van der Waals surface area contributed by atoms with E-state index in [-0.39, 0.29) is 34.2 Å². The largest absolute Gasteiger partial charge is 0.466 e. The summed E-state index contributed by atoms with van der Waals surface area (Å²) in [5, 5.41) is 14.4. The molecule has 1 aliphatic carbocycles. The maximum Gasteiger partial charge on any atom is 0.305 e. The van der Waals surface area contributed by atoms with E-state index < -0.39 is 14.4 Å². The van der Waals surface area contributed by atoms with E-state index in [1.807, 2.05) is 18.7 Å². The van der Waals surface area contributed by atoms with Gasteiger partial charge in [0.2, 0.25) is 0 Å². The van der Waals surface area contributed by atoms with Crippen molar-refractivity contribution < 1.29 is 19.1 Å². The summed E-state index contributed by atoms with van der Waals surface area (Å²) in [6, 6.07) is 32.5. The summed E-state index contributed by atoms with van der Waals surface area (Å²) in [5.41, 5.74) is 0.